The van der Waals surface area contributed by atoms with Crippen molar-refractivity contribution in [3.05, 3.63) is 66.1 Å². The number of carbonyl (C=O) groups excluding carboxylic acids is 1. The molecule has 0 unspecified atom stereocenters. The monoisotopic (exact) mass is 332 g/mol. The third-order valence-electron chi connectivity index (χ3n) is 4.49. The highest BCUT2D eigenvalue weighted by molar-refractivity contribution is 6.06. The van der Waals surface area contributed by atoms with Crippen LogP contribution >= 0.6 is 0 Å². The quantitative estimate of drug-likeness (QED) is 0.712. The number of hydrogen-bond donors (Lipinski definition) is 1. The number of nitrogens with one attached hydrogen (secondary N) is 1. The van der Waals surface area contributed by atoms with Gasteiger partial charge >= 0.3 is 0 Å². The Kier molecular flexibility index (Phi) is 3.68. The van der Waals surface area contributed by atoms with Gasteiger partial charge in [0.05, 0.1) is 11.3 Å². The summed E-state index contributed by atoms with van der Waals surface area (Å²) in [6.07, 6.45) is 2.99. The standard InChI is InChI=1S/C21H20N2O2/c1-21(2)12-15(24)18-16(13-21)25-20(14-8-4-3-5-9-14)19(18)23-17-10-6-7-11-22-17/h3-11H,12-13H2,1-2H3,(H,22,23). The molecule has 4 heteroatoms. The van der Waals surface area contributed by atoms with Crippen molar-refractivity contribution in [1.29, 1.82) is 0 Å². The van der Waals surface area contributed by atoms with Crippen LogP contribution in [0.25, 0.3) is 11.3 Å². The van der Waals surface area contributed by atoms with E-state index in [0.717, 1.165) is 23.4 Å². The Hall–Kier alpha value is -2.88. The van der Waals surface area contributed by atoms with Crippen LogP contribution in [0.2, 0.25) is 0 Å². The number of pyridine rings is 1. The number of fused-ring (bicyclic) bond motifs is 1. The Morgan fingerprint density at radius 1 is 1.04 bits per heavy atom. The van der Waals surface area contributed by atoms with Crippen molar-refractivity contribution >= 4 is 17.3 Å². The zero-order valence-corrected chi connectivity index (χ0v) is 14.4. The summed E-state index contributed by atoms with van der Waals surface area (Å²) in [6, 6.07) is 15.5. The van der Waals surface area contributed by atoms with E-state index >= 15 is 0 Å². The first-order chi connectivity index (χ1) is 12.0. The summed E-state index contributed by atoms with van der Waals surface area (Å²) in [5.74, 6) is 2.28. The Labute approximate surface area is 146 Å². The van der Waals surface area contributed by atoms with E-state index in [1.165, 1.54) is 0 Å². The first-order valence-corrected chi connectivity index (χ1v) is 8.46. The number of ketones is 1. The lowest BCUT2D eigenvalue weighted by Gasteiger charge is -2.27. The van der Waals surface area contributed by atoms with Gasteiger partial charge in [-0.25, -0.2) is 4.98 Å². The minimum Gasteiger partial charge on any atom is -0.458 e. The van der Waals surface area contributed by atoms with Gasteiger partial charge in [0, 0.05) is 24.6 Å². The zero-order chi connectivity index (χ0) is 17.4. The lowest BCUT2D eigenvalue weighted by Crippen LogP contribution is -2.26. The molecule has 1 aliphatic carbocycles. The molecule has 126 valence electrons. The summed E-state index contributed by atoms with van der Waals surface area (Å²) in [4.78, 5) is 17.2. The van der Waals surface area contributed by atoms with E-state index in [4.69, 9.17) is 4.42 Å². The molecule has 0 bridgehead atoms. The molecule has 4 rings (SSSR count). The van der Waals surface area contributed by atoms with Crippen LogP contribution in [0.5, 0.6) is 0 Å². The van der Waals surface area contributed by atoms with Crippen LogP contribution in [-0.4, -0.2) is 10.8 Å². The van der Waals surface area contributed by atoms with Crippen LogP contribution in [-0.2, 0) is 6.42 Å². The molecule has 1 N–H and O–H groups in total. The van der Waals surface area contributed by atoms with Gasteiger partial charge in [0.1, 0.15) is 11.6 Å². The number of Topliss-reactive ketones (excluding diaryl/α,β-unsaturated/α-hetero) is 1. The normalized spacial score (nSPS) is 15.7. The molecule has 0 amide bonds. The molecule has 2 heterocycles. The van der Waals surface area contributed by atoms with Gasteiger partial charge in [-0.1, -0.05) is 50.2 Å². The van der Waals surface area contributed by atoms with Gasteiger partial charge in [-0.15, -0.1) is 0 Å². The van der Waals surface area contributed by atoms with Crippen LogP contribution in [0.3, 0.4) is 0 Å². The fraction of sp³-hybridized carbons (Fsp3) is 0.238. The van der Waals surface area contributed by atoms with E-state index in [1.807, 2.05) is 48.5 Å². The Balaban J connectivity index is 1.88. The maximum atomic E-state index is 12.8. The lowest BCUT2D eigenvalue weighted by atomic mass is 9.76. The van der Waals surface area contributed by atoms with Crippen LogP contribution in [0.4, 0.5) is 11.5 Å². The van der Waals surface area contributed by atoms with E-state index in [1.54, 1.807) is 6.20 Å². The molecular formula is C21H20N2O2. The second-order valence-electron chi connectivity index (χ2n) is 7.25. The minimum atomic E-state index is -0.0852. The molecule has 0 spiro atoms. The number of carbonyl (C=O) groups is 1. The highest BCUT2D eigenvalue weighted by Crippen LogP contribution is 2.45. The average Bonchev–Trinajstić information content (AvgIpc) is 2.93. The highest BCUT2D eigenvalue weighted by atomic mass is 16.3. The van der Waals surface area contributed by atoms with Crippen LogP contribution in [0, 0.1) is 5.41 Å². The van der Waals surface area contributed by atoms with Crippen molar-refractivity contribution < 1.29 is 9.21 Å². The Morgan fingerprint density at radius 2 is 1.80 bits per heavy atom. The highest BCUT2D eigenvalue weighted by Gasteiger charge is 2.37. The van der Waals surface area contributed by atoms with E-state index in [-0.39, 0.29) is 11.2 Å². The first-order valence-electron chi connectivity index (χ1n) is 8.46. The zero-order valence-electron chi connectivity index (χ0n) is 14.4. The Morgan fingerprint density at radius 3 is 2.52 bits per heavy atom. The van der Waals surface area contributed by atoms with Crippen molar-refractivity contribution in [3.8, 4) is 11.3 Å². The minimum absolute atomic E-state index is 0.0852. The number of benzene rings is 1. The SMILES string of the molecule is CC1(C)CC(=O)c2c(oc(-c3ccccc3)c2Nc2ccccn2)C1. The van der Waals surface area contributed by atoms with E-state index in [2.05, 4.69) is 24.1 Å². The molecule has 3 aromatic rings. The maximum Gasteiger partial charge on any atom is 0.169 e. The topological polar surface area (TPSA) is 55.1 Å². The van der Waals surface area contributed by atoms with Gasteiger partial charge in [-0.3, -0.25) is 4.79 Å². The molecule has 0 aliphatic heterocycles. The second kappa shape index (κ2) is 5.88. The maximum absolute atomic E-state index is 12.8. The molecule has 0 radical (unpaired) electrons. The summed E-state index contributed by atoms with van der Waals surface area (Å²) >= 11 is 0. The largest absolute Gasteiger partial charge is 0.458 e. The van der Waals surface area contributed by atoms with E-state index < -0.39 is 0 Å². The summed E-state index contributed by atoms with van der Waals surface area (Å²) in [7, 11) is 0. The molecule has 4 nitrogen and oxygen atoms in total. The molecule has 1 aromatic carbocycles. The van der Waals surface area contributed by atoms with Crippen molar-refractivity contribution in [2.75, 3.05) is 5.32 Å². The summed E-state index contributed by atoms with van der Waals surface area (Å²) in [6.45, 7) is 4.20. The van der Waals surface area contributed by atoms with Crippen LogP contribution < -0.4 is 5.32 Å². The number of hydrogen-bond acceptors (Lipinski definition) is 4. The second-order valence-corrected chi connectivity index (χ2v) is 7.25. The predicted molar refractivity (Wildman–Crippen MR) is 98.1 cm³/mol. The fourth-order valence-corrected chi connectivity index (χ4v) is 3.39. The van der Waals surface area contributed by atoms with Gasteiger partial charge < -0.3 is 9.73 Å². The smallest absolute Gasteiger partial charge is 0.169 e. The van der Waals surface area contributed by atoms with E-state index in [0.29, 0.717) is 23.6 Å². The van der Waals surface area contributed by atoms with Gasteiger partial charge in [0.25, 0.3) is 0 Å². The van der Waals surface area contributed by atoms with Gasteiger partial charge in [-0.05, 0) is 17.5 Å². The van der Waals surface area contributed by atoms with Crippen LogP contribution in [0.15, 0.2) is 59.1 Å². The van der Waals surface area contributed by atoms with Crippen molar-refractivity contribution in [2.24, 2.45) is 5.41 Å². The molecule has 25 heavy (non-hydrogen) atoms. The van der Waals surface area contributed by atoms with Gasteiger partial charge in [-0.2, -0.15) is 0 Å². The molecule has 0 fully saturated rings. The van der Waals surface area contributed by atoms with E-state index in [9.17, 15) is 4.79 Å². The van der Waals surface area contributed by atoms with Crippen molar-refractivity contribution in [2.45, 2.75) is 26.7 Å². The number of nitrogens with zero attached hydrogens (tertiary/aromatic N) is 1. The predicted octanol–water partition coefficient (Wildman–Crippen LogP) is 5.24. The summed E-state index contributed by atoms with van der Waals surface area (Å²) in [5.41, 5.74) is 2.25. The van der Waals surface area contributed by atoms with Gasteiger partial charge in [0.2, 0.25) is 0 Å². The van der Waals surface area contributed by atoms with Crippen molar-refractivity contribution in [1.82, 2.24) is 4.98 Å². The third kappa shape index (κ3) is 2.95. The number of aromatic nitrogens is 1. The van der Waals surface area contributed by atoms with Gasteiger partial charge in [0.15, 0.2) is 11.5 Å². The number of furan rings is 1. The van der Waals surface area contributed by atoms with Crippen molar-refractivity contribution in [3.63, 3.8) is 0 Å². The average molecular weight is 332 g/mol. The number of rotatable bonds is 3. The lowest BCUT2D eigenvalue weighted by molar-refractivity contribution is 0.0905. The third-order valence-corrected chi connectivity index (χ3v) is 4.49. The number of anilines is 2. The fourth-order valence-electron chi connectivity index (χ4n) is 3.39. The molecule has 0 saturated carbocycles. The molecular weight excluding hydrogens is 312 g/mol. The van der Waals surface area contributed by atoms with Crippen LogP contribution in [0.1, 0.15) is 36.4 Å². The molecule has 2 aromatic heterocycles. The first kappa shape index (κ1) is 15.6. The molecule has 0 saturated heterocycles. The summed E-state index contributed by atoms with van der Waals surface area (Å²) < 4.78 is 6.19. The molecule has 0 atom stereocenters. The molecule has 1 aliphatic rings. The Bertz CT molecular complexity index is 912. The summed E-state index contributed by atoms with van der Waals surface area (Å²) in [5, 5.41) is 3.31.